The van der Waals surface area contributed by atoms with E-state index >= 15 is 0 Å². The molecule has 0 aliphatic carbocycles. The first-order valence-electron chi connectivity index (χ1n) is 7.23. The number of rotatable bonds is 6. The number of nitrogens with zero attached hydrogens (tertiary/aromatic N) is 2. The van der Waals surface area contributed by atoms with Crippen LogP contribution < -0.4 is 9.47 Å². The maximum atomic E-state index is 13.2. The summed E-state index contributed by atoms with van der Waals surface area (Å²) in [6, 6.07) is 8.97. The number of hydrogen-bond acceptors (Lipinski definition) is 6. The van der Waals surface area contributed by atoms with Crippen LogP contribution in [0.2, 0.25) is 0 Å². The number of halogens is 2. The average Bonchev–Trinajstić information content (AvgIpc) is 3.11. The summed E-state index contributed by atoms with van der Waals surface area (Å²) in [6.07, 6.45) is 0. The lowest BCUT2D eigenvalue weighted by Gasteiger charge is -2.07. The van der Waals surface area contributed by atoms with E-state index in [1.807, 2.05) is 0 Å². The van der Waals surface area contributed by atoms with Gasteiger partial charge in [0.1, 0.15) is 11.5 Å². The Kier molecular flexibility index (Phi) is 5.18. The SMILES string of the molecule is COc1ccc(-c2noc(CSc3ccc(F)c(F)c3)n2)c(OC)c1. The second kappa shape index (κ2) is 7.52. The van der Waals surface area contributed by atoms with Gasteiger partial charge in [-0.15, -0.1) is 11.8 Å². The summed E-state index contributed by atoms with van der Waals surface area (Å²) in [5.41, 5.74) is 0.663. The van der Waals surface area contributed by atoms with E-state index < -0.39 is 11.6 Å². The molecule has 0 fully saturated rings. The van der Waals surface area contributed by atoms with Crippen molar-refractivity contribution in [1.29, 1.82) is 0 Å². The highest BCUT2D eigenvalue weighted by atomic mass is 32.2. The minimum Gasteiger partial charge on any atom is -0.497 e. The van der Waals surface area contributed by atoms with Crippen LogP contribution in [-0.2, 0) is 5.75 Å². The maximum Gasteiger partial charge on any atom is 0.237 e. The second-order valence-corrected chi connectivity index (χ2v) is 5.99. The molecule has 25 heavy (non-hydrogen) atoms. The van der Waals surface area contributed by atoms with Gasteiger partial charge in [0.15, 0.2) is 11.6 Å². The summed E-state index contributed by atoms with van der Waals surface area (Å²) < 4.78 is 41.8. The molecule has 3 rings (SSSR count). The largest absolute Gasteiger partial charge is 0.497 e. The fourth-order valence-corrected chi connectivity index (χ4v) is 2.88. The number of ether oxygens (including phenoxy) is 2. The second-order valence-electron chi connectivity index (χ2n) is 4.94. The van der Waals surface area contributed by atoms with Crippen LogP contribution in [0.4, 0.5) is 8.78 Å². The third-order valence-electron chi connectivity index (χ3n) is 3.37. The van der Waals surface area contributed by atoms with E-state index in [2.05, 4.69) is 10.1 Å². The van der Waals surface area contributed by atoms with Crippen molar-refractivity contribution in [2.45, 2.75) is 10.6 Å². The molecule has 1 aromatic heterocycles. The molecule has 0 radical (unpaired) electrons. The molecule has 3 aromatic rings. The van der Waals surface area contributed by atoms with Gasteiger partial charge in [0.2, 0.25) is 11.7 Å². The Labute approximate surface area is 147 Å². The lowest BCUT2D eigenvalue weighted by Crippen LogP contribution is -1.91. The van der Waals surface area contributed by atoms with E-state index in [9.17, 15) is 8.78 Å². The molecule has 130 valence electrons. The maximum absolute atomic E-state index is 13.2. The zero-order valence-corrected chi connectivity index (χ0v) is 14.3. The van der Waals surface area contributed by atoms with E-state index in [1.165, 1.54) is 24.9 Å². The number of aromatic nitrogens is 2. The monoisotopic (exact) mass is 364 g/mol. The van der Waals surface area contributed by atoms with Crippen molar-refractivity contribution >= 4 is 11.8 Å². The van der Waals surface area contributed by atoms with Crippen molar-refractivity contribution < 1.29 is 22.8 Å². The fraction of sp³-hybridized carbons (Fsp3) is 0.176. The van der Waals surface area contributed by atoms with Gasteiger partial charge >= 0.3 is 0 Å². The first kappa shape index (κ1) is 17.2. The van der Waals surface area contributed by atoms with Crippen molar-refractivity contribution in [3.05, 3.63) is 53.9 Å². The lowest BCUT2D eigenvalue weighted by molar-refractivity contribution is 0.388. The molecule has 0 spiro atoms. The van der Waals surface area contributed by atoms with Gasteiger partial charge in [-0.25, -0.2) is 8.78 Å². The Morgan fingerprint density at radius 3 is 2.60 bits per heavy atom. The van der Waals surface area contributed by atoms with Gasteiger partial charge < -0.3 is 14.0 Å². The summed E-state index contributed by atoms with van der Waals surface area (Å²) in [7, 11) is 3.11. The van der Waals surface area contributed by atoms with E-state index in [0.717, 1.165) is 12.1 Å². The Hall–Kier alpha value is -2.61. The molecule has 2 aromatic carbocycles. The zero-order chi connectivity index (χ0) is 17.8. The molecule has 0 bridgehead atoms. The molecule has 1 heterocycles. The van der Waals surface area contributed by atoms with Gasteiger partial charge in [-0.05, 0) is 30.3 Å². The van der Waals surface area contributed by atoms with Crippen LogP contribution in [0, 0.1) is 11.6 Å². The van der Waals surface area contributed by atoms with Crippen LogP contribution in [0.25, 0.3) is 11.4 Å². The Morgan fingerprint density at radius 1 is 1.04 bits per heavy atom. The predicted molar refractivity (Wildman–Crippen MR) is 88.8 cm³/mol. The minimum atomic E-state index is -0.890. The molecule has 0 saturated carbocycles. The highest BCUT2D eigenvalue weighted by Gasteiger charge is 2.15. The minimum absolute atomic E-state index is 0.330. The number of methoxy groups -OCH3 is 2. The fourth-order valence-electron chi connectivity index (χ4n) is 2.12. The van der Waals surface area contributed by atoms with Crippen LogP contribution in [0.1, 0.15) is 5.89 Å². The van der Waals surface area contributed by atoms with Gasteiger partial charge in [0, 0.05) is 11.0 Å². The average molecular weight is 364 g/mol. The van der Waals surface area contributed by atoms with Gasteiger partial charge in [0.05, 0.1) is 25.5 Å². The third kappa shape index (κ3) is 3.90. The summed E-state index contributed by atoms with van der Waals surface area (Å²) in [5.74, 6) is 0.507. The molecule has 0 N–H and O–H groups in total. The highest BCUT2D eigenvalue weighted by Crippen LogP contribution is 2.32. The van der Waals surface area contributed by atoms with Crippen LogP contribution in [-0.4, -0.2) is 24.4 Å². The molecule has 0 aliphatic heterocycles. The summed E-state index contributed by atoms with van der Waals surface area (Å²) in [6.45, 7) is 0. The summed E-state index contributed by atoms with van der Waals surface area (Å²) >= 11 is 1.27. The molecular formula is C17H14F2N2O3S. The normalized spacial score (nSPS) is 10.7. The molecule has 8 heteroatoms. The Balaban J connectivity index is 1.75. The molecule has 0 atom stereocenters. The summed E-state index contributed by atoms with van der Waals surface area (Å²) in [5, 5.41) is 3.94. The van der Waals surface area contributed by atoms with Crippen molar-refractivity contribution in [3.63, 3.8) is 0 Å². The molecular weight excluding hydrogens is 350 g/mol. The van der Waals surface area contributed by atoms with Crippen LogP contribution in [0.3, 0.4) is 0 Å². The van der Waals surface area contributed by atoms with E-state index in [0.29, 0.717) is 39.4 Å². The van der Waals surface area contributed by atoms with E-state index in [-0.39, 0.29) is 0 Å². The van der Waals surface area contributed by atoms with Crippen LogP contribution in [0.5, 0.6) is 11.5 Å². The van der Waals surface area contributed by atoms with Crippen molar-refractivity contribution in [1.82, 2.24) is 10.1 Å². The predicted octanol–water partition coefficient (Wildman–Crippen LogP) is 4.32. The lowest BCUT2D eigenvalue weighted by atomic mass is 10.2. The first-order chi connectivity index (χ1) is 12.1. The van der Waals surface area contributed by atoms with Gasteiger partial charge in [-0.1, -0.05) is 5.16 Å². The molecule has 0 aliphatic rings. The molecule has 0 saturated heterocycles. The van der Waals surface area contributed by atoms with Gasteiger partial charge in [-0.2, -0.15) is 4.98 Å². The van der Waals surface area contributed by atoms with Gasteiger partial charge in [-0.3, -0.25) is 0 Å². The smallest absolute Gasteiger partial charge is 0.237 e. The quantitative estimate of drug-likeness (QED) is 0.607. The molecule has 0 amide bonds. The Bertz CT molecular complexity index is 886. The van der Waals surface area contributed by atoms with Crippen molar-refractivity contribution in [2.75, 3.05) is 14.2 Å². The van der Waals surface area contributed by atoms with Crippen LogP contribution in [0.15, 0.2) is 45.8 Å². The standard InChI is InChI=1S/C17H14F2N2O3S/c1-22-10-3-5-12(15(7-10)23-2)17-20-16(24-21-17)9-25-11-4-6-13(18)14(19)8-11/h3-8H,9H2,1-2H3. The topological polar surface area (TPSA) is 57.4 Å². The highest BCUT2D eigenvalue weighted by molar-refractivity contribution is 7.98. The van der Waals surface area contributed by atoms with E-state index in [4.69, 9.17) is 14.0 Å². The first-order valence-corrected chi connectivity index (χ1v) is 8.22. The third-order valence-corrected chi connectivity index (χ3v) is 4.35. The van der Waals surface area contributed by atoms with Crippen molar-refractivity contribution in [3.8, 4) is 22.9 Å². The zero-order valence-electron chi connectivity index (χ0n) is 13.5. The van der Waals surface area contributed by atoms with E-state index in [1.54, 1.807) is 25.3 Å². The Morgan fingerprint density at radius 2 is 1.88 bits per heavy atom. The number of thioether (sulfide) groups is 1. The number of benzene rings is 2. The molecule has 0 unspecified atom stereocenters. The summed E-state index contributed by atoms with van der Waals surface area (Å²) in [4.78, 5) is 4.88. The van der Waals surface area contributed by atoms with Crippen LogP contribution >= 0.6 is 11.8 Å². The number of hydrogen-bond donors (Lipinski definition) is 0. The van der Waals surface area contributed by atoms with Gasteiger partial charge in [0.25, 0.3) is 0 Å². The van der Waals surface area contributed by atoms with Crippen molar-refractivity contribution in [2.24, 2.45) is 0 Å². The molecule has 5 nitrogen and oxygen atoms in total.